The van der Waals surface area contributed by atoms with Crippen LogP contribution in [-0.2, 0) is 6.42 Å². The Kier molecular flexibility index (Phi) is 3.06. The maximum absolute atomic E-state index is 5.81. The van der Waals surface area contributed by atoms with E-state index in [2.05, 4.69) is 48.6 Å². The molecule has 86 valence electrons. The van der Waals surface area contributed by atoms with Crippen LogP contribution < -0.4 is 0 Å². The second kappa shape index (κ2) is 4.21. The predicted octanol–water partition coefficient (Wildman–Crippen LogP) is 4.41. The lowest BCUT2D eigenvalue weighted by Crippen LogP contribution is -1.93. The summed E-state index contributed by atoms with van der Waals surface area (Å²) in [6, 6.07) is 2.03. The quantitative estimate of drug-likeness (QED) is 0.815. The molecule has 1 aromatic heterocycles. The number of hydrogen-bond acceptors (Lipinski definition) is 2. The van der Waals surface area contributed by atoms with Crippen LogP contribution in [0.3, 0.4) is 0 Å². The molecule has 0 N–H and O–H groups in total. The summed E-state index contributed by atoms with van der Waals surface area (Å²) in [5.74, 6) is 1.41. The summed E-state index contributed by atoms with van der Waals surface area (Å²) in [6.45, 7) is 8.50. The Bertz CT molecular complexity index is 528. The molecule has 0 amide bonds. The van der Waals surface area contributed by atoms with Gasteiger partial charge >= 0.3 is 0 Å². The van der Waals surface area contributed by atoms with Crippen molar-refractivity contribution >= 4 is 27.0 Å². The topological polar surface area (TPSA) is 26.0 Å². The number of nitrogens with zero attached hydrogens (tertiary/aromatic N) is 1. The zero-order chi connectivity index (χ0) is 11.9. The molecule has 0 atom stereocenters. The molecule has 2 aromatic rings. The summed E-state index contributed by atoms with van der Waals surface area (Å²) in [7, 11) is 0. The fourth-order valence-electron chi connectivity index (χ4n) is 1.76. The molecule has 2 nitrogen and oxygen atoms in total. The van der Waals surface area contributed by atoms with Crippen molar-refractivity contribution in [1.29, 1.82) is 0 Å². The molecule has 0 fully saturated rings. The molecule has 0 unspecified atom stereocenters. The van der Waals surface area contributed by atoms with Crippen molar-refractivity contribution < 1.29 is 4.42 Å². The number of oxazole rings is 1. The van der Waals surface area contributed by atoms with Crippen LogP contribution in [0.15, 0.2) is 15.0 Å². The molecule has 0 saturated carbocycles. The van der Waals surface area contributed by atoms with Gasteiger partial charge < -0.3 is 4.42 Å². The normalized spacial score (nSPS) is 11.6. The van der Waals surface area contributed by atoms with Gasteiger partial charge in [0.05, 0.1) is 0 Å². The maximum Gasteiger partial charge on any atom is 0.195 e. The van der Waals surface area contributed by atoms with E-state index < -0.39 is 0 Å². The lowest BCUT2D eigenvalue weighted by atomic mass is 10.1. The highest BCUT2D eigenvalue weighted by Crippen LogP contribution is 2.29. The molecule has 0 spiro atoms. The first-order chi connectivity index (χ1) is 7.49. The molecular formula is C13H16BrNO. The zero-order valence-corrected chi connectivity index (χ0v) is 11.7. The smallest absolute Gasteiger partial charge is 0.195 e. The SMILES string of the molecule is Cc1c(Br)cc2nc(CC(C)C)oc2c1C. The molecule has 0 saturated heterocycles. The number of benzene rings is 1. The minimum absolute atomic E-state index is 0.568. The lowest BCUT2D eigenvalue weighted by molar-refractivity contribution is 0.481. The minimum atomic E-state index is 0.568. The van der Waals surface area contributed by atoms with Gasteiger partial charge in [-0.1, -0.05) is 29.8 Å². The van der Waals surface area contributed by atoms with Crippen molar-refractivity contribution in [3.05, 3.63) is 27.6 Å². The highest BCUT2D eigenvalue weighted by molar-refractivity contribution is 9.10. The van der Waals surface area contributed by atoms with E-state index in [0.29, 0.717) is 5.92 Å². The first-order valence-electron chi connectivity index (χ1n) is 5.54. The number of halogens is 1. The van der Waals surface area contributed by atoms with Crippen LogP contribution in [0.25, 0.3) is 11.1 Å². The summed E-state index contributed by atoms with van der Waals surface area (Å²) in [5, 5.41) is 0. The van der Waals surface area contributed by atoms with E-state index in [-0.39, 0.29) is 0 Å². The third-order valence-corrected chi connectivity index (χ3v) is 3.63. The van der Waals surface area contributed by atoms with Crippen LogP contribution in [0.5, 0.6) is 0 Å². The average Bonchev–Trinajstić information content (AvgIpc) is 2.56. The second-order valence-electron chi connectivity index (χ2n) is 4.66. The Morgan fingerprint density at radius 1 is 1.31 bits per heavy atom. The van der Waals surface area contributed by atoms with Crippen LogP contribution in [-0.4, -0.2) is 4.98 Å². The van der Waals surface area contributed by atoms with Crippen molar-refractivity contribution in [2.45, 2.75) is 34.1 Å². The summed E-state index contributed by atoms with van der Waals surface area (Å²) in [4.78, 5) is 4.52. The van der Waals surface area contributed by atoms with Gasteiger partial charge in [0.25, 0.3) is 0 Å². The van der Waals surface area contributed by atoms with Gasteiger partial charge in [-0.3, -0.25) is 0 Å². The minimum Gasteiger partial charge on any atom is -0.440 e. The van der Waals surface area contributed by atoms with Gasteiger partial charge in [-0.25, -0.2) is 4.98 Å². The molecule has 0 radical (unpaired) electrons. The molecule has 0 aliphatic rings. The number of rotatable bonds is 2. The van der Waals surface area contributed by atoms with Crippen molar-refractivity contribution in [3.8, 4) is 0 Å². The van der Waals surface area contributed by atoms with Crippen molar-refractivity contribution in [1.82, 2.24) is 4.98 Å². The first-order valence-corrected chi connectivity index (χ1v) is 6.33. The molecule has 0 aliphatic carbocycles. The van der Waals surface area contributed by atoms with Crippen LogP contribution in [0.4, 0.5) is 0 Å². The Balaban J connectivity index is 2.57. The summed E-state index contributed by atoms with van der Waals surface area (Å²) < 4.78 is 6.91. The Hall–Kier alpha value is -0.830. The van der Waals surface area contributed by atoms with E-state index in [1.54, 1.807) is 0 Å². The van der Waals surface area contributed by atoms with Gasteiger partial charge in [-0.15, -0.1) is 0 Å². The molecule has 3 heteroatoms. The number of aryl methyl sites for hydroxylation is 1. The Morgan fingerprint density at radius 3 is 2.62 bits per heavy atom. The Labute approximate surface area is 104 Å². The summed E-state index contributed by atoms with van der Waals surface area (Å²) >= 11 is 3.55. The zero-order valence-electron chi connectivity index (χ0n) is 10.1. The lowest BCUT2D eigenvalue weighted by Gasteiger charge is -2.01. The van der Waals surface area contributed by atoms with E-state index in [1.165, 1.54) is 11.1 Å². The fourth-order valence-corrected chi connectivity index (χ4v) is 2.27. The summed E-state index contributed by atoms with van der Waals surface area (Å²) in [5.41, 5.74) is 4.27. The van der Waals surface area contributed by atoms with Gasteiger partial charge in [0.1, 0.15) is 5.52 Å². The molecule has 2 rings (SSSR count). The van der Waals surface area contributed by atoms with Crippen LogP contribution in [0, 0.1) is 19.8 Å². The standard InChI is InChI=1S/C13H16BrNO/c1-7(2)5-12-15-11-6-10(14)8(3)9(4)13(11)16-12/h6-7H,5H2,1-4H3. The van der Waals surface area contributed by atoms with Crippen LogP contribution >= 0.6 is 15.9 Å². The first kappa shape index (κ1) is 11.6. The van der Waals surface area contributed by atoms with Gasteiger partial charge in [0.15, 0.2) is 11.5 Å². The highest BCUT2D eigenvalue weighted by atomic mass is 79.9. The van der Waals surface area contributed by atoms with Crippen molar-refractivity contribution in [2.75, 3.05) is 0 Å². The van der Waals surface area contributed by atoms with Gasteiger partial charge in [-0.2, -0.15) is 0 Å². The van der Waals surface area contributed by atoms with E-state index in [9.17, 15) is 0 Å². The number of hydrogen-bond donors (Lipinski definition) is 0. The van der Waals surface area contributed by atoms with Gasteiger partial charge in [0, 0.05) is 10.9 Å². The molecule has 16 heavy (non-hydrogen) atoms. The molecule has 0 bridgehead atoms. The van der Waals surface area contributed by atoms with E-state index >= 15 is 0 Å². The average molecular weight is 282 g/mol. The van der Waals surface area contributed by atoms with Crippen molar-refractivity contribution in [3.63, 3.8) is 0 Å². The molecule has 1 heterocycles. The van der Waals surface area contributed by atoms with E-state index in [1.807, 2.05) is 6.07 Å². The van der Waals surface area contributed by atoms with Crippen LogP contribution in [0.1, 0.15) is 30.9 Å². The predicted molar refractivity (Wildman–Crippen MR) is 69.7 cm³/mol. The molecule has 1 aromatic carbocycles. The highest BCUT2D eigenvalue weighted by Gasteiger charge is 2.12. The second-order valence-corrected chi connectivity index (χ2v) is 5.52. The van der Waals surface area contributed by atoms with Crippen LogP contribution in [0.2, 0.25) is 0 Å². The molecule has 0 aliphatic heterocycles. The fraction of sp³-hybridized carbons (Fsp3) is 0.462. The van der Waals surface area contributed by atoms with E-state index in [0.717, 1.165) is 27.9 Å². The Morgan fingerprint density at radius 2 is 2.00 bits per heavy atom. The largest absolute Gasteiger partial charge is 0.440 e. The number of aromatic nitrogens is 1. The van der Waals surface area contributed by atoms with Gasteiger partial charge in [-0.05, 0) is 37.0 Å². The van der Waals surface area contributed by atoms with Crippen molar-refractivity contribution in [2.24, 2.45) is 5.92 Å². The maximum atomic E-state index is 5.81. The molecular weight excluding hydrogens is 266 g/mol. The number of fused-ring (bicyclic) bond motifs is 1. The monoisotopic (exact) mass is 281 g/mol. The third-order valence-electron chi connectivity index (χ3n) is 2.81. The third kappa shape index (κ3) is 2.01. The van der Waals surface area contributed by atoms with E-state index in [4.69, 9.17) is 4.42 Å². The van der Waals surface area contributed by atoms with Gasteiger partial charge in [0.2, 0.25) is 0 Å². The summed E-state index contributed by atoms with van der Waals surface area (Å²) in [6.07, 6.45) is 0.894.